The van der Waals surface area contributed by atoms with Gasteiger partial charge in [-0.25, -0.2) is 9.36 Å². The molecule has 0 aliphatic carbocycles. The topological polar surface area (TPSA) is 126 Å². The van der Waals surface area contributed by atoms with Crippen LogP contribution in [0.5, 0.6) is 0 Å². The number of aliphatic imine (C=N–C) groups is 1. The van der Waals surface area contributed by atoms with Crippen molar-refractivity contribution in [2.75, 3.05) is 18.1 Å². The van der Waals surface area contributed by atoms with E-state index in [4.69, 9.17) is 22.7 Å². The van der Waals surface area contributed by atoms with Crippen LogP contribution >= 0.6 is 7.82 Å². The minimum Gasteiger partial charge on any atom is -0.441 e. The zero-order valence-electron chi connectivity index (χ0n) is 24.6. The zero-order chi connectivity index (χ0) is 30.8. The molecule has 2 atom stereocenters. The Hall–Kier alpha value is -4.41. The highest BCUT2D eigenvalue weighted by molar-refractivity contribution is 7.48. The molecule has 3 aliphatic heterocycles. The molecule has 7 rings (SSSR count). The van der Waals surface area contributed by atoms with Crippen LogP contribution in [0.3, 0.4) is 0 Å². The van der Waals surface area contributed by atoms with Crippen molar-refractivity contribution in [3.05, 3.63) is 119 Å². The first kappa shape index (κ1) is 29.3. The molecule has 1 amide bonds. The van der Waals surface area contributed by atoms with E-state index >= 15 is 0 Å². The van der Waals surface area contributed by atoms with Crippen molar-refractivity contribution in [3.8, 4) is 0 Å². The third kappa shape index (κ3) is 6.39. The summed E-state index contributed by atoms with van der Waals surface area (Å²) < 4.78 is 42.3. The van der Waals surface area contributed by atoms with Crippen LogP contribution in [0, 0.1) is 6.92 Å². The molecule has 3 aliphatic rings. The first-order valence-electron chi connectivity index (χ1n) is 14.7. The van der Waals surface area contributed by atoms with Gasteiger partial charge in [0, 0.05) is 13.3 Å². The van der Waals surface area contributed by atoms with E-state index in [1.165, 1.54) is 0 Å². The number of allylic oxidation sites excluding steroid dienone is 1. The van der Waals surface area contributed by atoms with E-state index in [1.54, 1.807) is 11.8 Å². The fourth-order valence-corrected chi connectivity index (χ4v) is 6.83. The Labute approximate surface area is 260 Å². The summed E-state index contributed by atoms with van der Waals surface area (Å²) in [5.41, 5.74) is 6.35. The van der Waals surface area contributed by atoms with Crippen molar-refractivity contribution < 1.29 is 32.1 Å². The Bertz CT molecular complexity index is 1760. The molecule has 230 valence electrons. The number of fused-ring (bicyclic) bond motifs is 3. The van der Waals surface area contributed by atoms with Gasteiger partial charge >= 0.3 is 13.9 Å². The number of aryl methyl sites for hydroxylation is 1. The second kappa shape index (κ2) is 12.5. The van der Waals surface area contributed by atoms with E-state index in [1.807, 2.05) is 72.8 Å². The number of carbonyl (C=O) groups is 1. The molecular weight excluding hydrogens is 595 g/mol. The predicted molar refractivity (Wildman–Crippen MR) is 166 cm³/mol. The fraction of sp³-hybridized carbons (Fsp3) is 0.273. The van der Waals surface area contributed by atoms with Gasteiger partial charge in [-0.2, -0.15) is 0 Å². The molecule has 0 N–H and O–H groups in total. The average molecular weight is 627 g/mol. The standard InChI is InChI=1S/C33H31N4O7P/c1-22-35-36-32(43-22)28-14-12-26(18-34-28)25-13-15-29-27(16-25)17-30-31(44-33(38)37(29)30)21-42-45(39,40-19-23-8-4-2-5-9-23)41-20-24-10-6-3-7-11-24/h2-13,15-16,30-31H,14,17-21H2,1H3. The molecule has 45 heavy (non-hydrogen) atoms. The van der Waals surface area contributed by atoms with Crippen LogP contribution in [-0.4, -0.2) is 47.3 Å². The molecule has 12 heteroatoms. The zero-order valence-corrected chi connectivity index (χ0v) is 25.5. The SMILES string of the molecule is Cc1nnc(C2=NCC(c3ccc4c(c3)CC3C(COP(=O)(OCc5ccccc5)OCc5ccccc5)OC(=O)N43)=CC2)o1. The summed E-state index contributed by atoms with van der Waals surface area (Å²) in [4.78, 5) is 19.3. The number of hydrogen-bond donors (Lipinski definition) is 0. The Morgan fingerprint density at radius 1 is 0.933 bits per heavy atom. The van der Waals surface area contributed by atoms with Gasteiger partial charge in [0.15, 0.2) is 0 Å². The molecule has 0 saturated carbocycles. The van der Waals surface area contributed by atoms with E-state index in [2.05, 4.69) is 27.3 Å². The van der Waals surface area contributed by atoms with Gasteiger partial charge in [0.1, 0.15) is 11.8 Å². The van der Waals surface area contributed by atoms with Gasteiger partial charge in [-0.15, -0.1) is 10.2 Å². The second-order valence-electron chi connectivity index (χ2n) is 11.0. The quantitative estimate of drug-likeness (QED) is 0.172. The minimum absolute atomic E-state index is 0.0388. The lowest BCUT2D eigenvalue weighted by molar-refractivity contribution is 0.0515. The maximum Gasteiger partial charge on any atom is 0.475 e. The Morgan fingerprint density at radius 3 is 2.27 bits per heavy atom. The van der Waals surface area contributed by atoms with Crippen molar-refractivity contribution in [3.63, 3.8) is 0 Å². The summed E-state index contributed by atoms with van der Waals surface area (Å²) in [6.45, 7) is 2.17. The van der Waals surface area contributed by atoms with Gasteiger partial charge in [-0.1, -0.05) is 72.8 Å². The van der Waals surface area contributed by atoms with Crippen LogP contribution in [0.4, 0.5) is 10.5 Å². The molecule has 3 aromatic carbocycles. The van der Waals surface area contributed by atoms with Crippen molar-refractivity contribution in [2.24, 2.45) is 4.99 Å². The highest BCUT2D eigenvalue weighted by Crippen LogP contribution is 2.52. The van der Waals surface area contributed by atoms with Crippen LogP contribution < -0.4 is 4.90 Å². The minimum atomic E-state index is -4.03. The molecule has 1 saturated heterocycles. The third-order valence-corrected chi connectivity index (χ3v) is 9.32. The Morgan fingerprint density at radius 2 is 1.64 bits per heavy atom. The lowest BCUT2D eigenvalue weighted by atomic mass is 9.97. The molecule has 1 fully saturated rings. The number of phosphoric ester groups is 1. The fourth-order valence-electron chi connectivity index (χ4n) is 5.66. The number of benzene rings is 3. The molecule has 0 bridgehead atoms. The maximum atomic E-state index is 13.8. The molecule has 2 unspecified atom stereocenters. The van der Waals surface area contributed by atoms with Crippen molar-refractivity contribution >= 4 is 30.9 Å². The second-order valence-corrected chi connectivity index (χ2v) is 12.7. The predicted octanol–water partition coefficient (Wildman–Crippen LogP) is 6.46. The average Bonchev–Trinajstić information content (AvgIpc) is 3.77. The van der Waals surface area contributed by atoms with Crippen LogP contribution in [0.1, 0.15) is 40.5 Å². The molecule has 1 aromatic heterocycles. The maximum absolute atomic E-state index is 13.8. The number of nitrogens with zero attached hydrogens (tertiary/aromatic N) is 4. The number of anilines is 1. The highest BCUT2D eigenvalue weighted by atomic mass is 31.2. The van der Waals surface area contributed by atoms with Crippen LogP contribution in [0.25, 0.3) is 5.57 Å². The summed E-state index contributed by atoms with van der Waals surface area (Å²) in [5.74, 6) is 0.954. The number of carbonyl (C=O) groups excluding carboxylic acids is 1. The van der Waals surface area contributed by atoms with Crippen LogP contribution in [-0.2, 0) is 42.5 Å². The summed E-state index contributed by atoms with van der Waals surface area (Å²) >= 11 is 0. The molecule has 0 spiro atoms. The number of dihydropyridines is 1. The number of hydrogen-bond acceptors (Lipinski definition) is 10. The highest BCUT2D eigenvalue weighted by Gasteiger charge is 2.48. The monoisotopic (exact) mass is 626 g/mol. The van der Waals surface area contributed by atoms with E-state index < -0.39 is 20.0 Å². The lowest BCUT2D eigenvalue weighted by Crippen LogP contribution is -2.35. The van der Waals surface area contributed by atoms with Gasteiger partial charge in [0.05, 0.1) is 38.1 Å². The van der Waals surface area contributed by atoms with E-state index in [0.29, 0.717) is 31.2 Å². The largest absolute Gasteiger partial charge is 0.475 e. The summed E-state index contributed by atoms with van der Waals surface area (Å²) in [7, 11) is -4.03. The van der Waals surface area contributed by atoms with Crippen LogP contribution in [0.15, 0.2) is 94.3 Å². The van der Waals surface area contributed by atoms with Crippen LogP contribution in [0.2, 0.25) is 0 Å². The van der Waals surface area contributed by atoms with Crippen molar-refractivity contribution in [1.82, 2.24) is 10.2 Å². The number of amides is 1. The molecular formula is C33H31N4O7P. The Balaban J connectivity index is 1.02. The lowest BCUT2D eigenvalue weighted by Gasteiger charge is -2.21. The number of ether oxygens (including phenoxy) is 1. The summed E-state index contributed by atoms with van der Waals surface area (Å²) in [6, 6.07) is 24.4. The summed E-state index contributed by atoms with van der Waals surface area (Å²) in [5, 5.41) is 7.96. The Kier molecular flexibility index (Phi) is 8.16. The summed E-state index contributed by atoms with van der Waals surface area (Å²) in [6.07, 6.45) is 2.14. The van der Waals surface area contributed by atoms with Crippen molar-refractivity contribution in [2.45, 2.75) is 45.1 Å². The van der Waals surface area contributed by atoms with Gasteiger partial charge in [-0.3, -0.25) is 23.5 Å². The number of phosphoric acid groups is 1. The van der Waals surface area contributed by atoms with Gasteiger partial charge in [0.25, 0.3) is 5.89 Å². The molecule has 4 heterocycles. The van der Waals surface area contributed by atoms with Gasteiger partial charge < -0.3 is 9.15 Å². The normalized spacial score (nSPS) is 19.1. The third-order valence-electron chi connectivity index (χ3n) is 7.96. The molecule has 4 aromatic rings. The van der Waals surface area contributed by atoms with E-state index in [9.17, 15) is 9.36 Å². The molecule has 11 nitrogen and oxygen atoms in total. The van der Waals surface area contributed by atoms with Gasteiger partial charge in [-0.05, 0) is 46.4 Å². The van der Waals surface area contributed by atoms with Crippen molar-refractivity contribution in [1.29, 1.82) is 0 Å². The van der Waals surface area contributed by atoms with E-state index in [-0.39, 0.29) is 25.9 Å². The number of rotatable bonds is 11. The smallest absolute Gasteiger partial charge is 0.441 e. The van der Waals surface area contributed by atoms with E-state index in [0.717, 1.165) is 39.2 Å². The molecule has 0 radical (unpaired) electrons. The first-order valence-corrected chi connectivity index (χ1v) is 16.2. The van der Waals surface area contributed by atoms with Gasteiger partial charge in [0.2, 0.25) is 5.89 Å². The number of cyclic esters (lactones) is 1. The number of aromatic nitrogens is 2. The first-order chi connectivity index (χ1) is 21.9.